The number of carbonyl (C=O) groups is 3. The van der Waals surface area contributed by atoms with Crippen LogP contribution in [-0.2, 0) is 11.3 Å². The Morgan fingerprint density at radius 2 is 1.87 bits per heavy atom. The number of carbonyl (C=O) groups excluding carboxylic acids is 3. The zero-order valence-corrected chi connectivity index (χ0v) is 16.8. The number of fused-ring (bicyclic) bond motifs is 1. The van der Waals surface area contributed by atoms with Crippen LogP contribution >= 0.6 is 0 Å². The second kappa shape index (κ2) is 7.22. The van der Waals surface area contributed by atoms with Crippen LogP contribution in [0.1, 0.15) is 30.0 Å². The van der Waals surface area contributed by atoms with Crippen molar-refractivity contribution in [1.29, 1.82) is 0 Å². The number of furan rings is 1. The fourth-order valence-electron chi connectivity index (χ4n) is 3.29. The smallest absolute Gasteiger partial charge is 0.325 e. The lowest BCUT2D eigenvalue weighted by Crippen LogP contribution is -2.40. The van der Waals surface area contributed by atoms with Crippen molar-refractivity contribution >= 4 is 34.5 Å². The van der Waals surface area contributed by atoms with Gasteiger partial charge in [0.2, 0.25) is 0 Å². The highest BCUT2D eigenvalue weighted by atomic mass is 16.5. The molecular weight excluding hydrogens is 386 g/mol. The van der Waals surface area contributed by atoms with Gasteiger partial charge in [-0.1, -0.05) is 12.1 Å². The lowest BCUT2D eigenvalue weighted by atomic mass is 10.1. The van der Waals surface area contributed by atoms with Crippen LogP contribution in [-0.4, -0.2) is 35.4 Å². The molecule has 0 spiro atoms. The molecule has 3 aromatic rings. The van der Waals surface area contributed by atoms with Crippen LogP contribution < -0.4 is 15.4 Å². The predicted molar refractivity (Wildman–Crippen MR) is 110 cm³/mol. The van der Waals surface area contributed by atoms with E-state index in [0.717, 1.165) is 10.9 Å². The summed E-state index contributed by atoms with van der Waals surface area (Å²) in [6, 6.07) is 13.5. The number of nitrogens with one attached hydrogen (secondary N) is 2. The van der Waals surface area contributed by atoms with Crippen molar-refractivity contribution < 1.29 is 23.5 Å². The number of hydrogen-bond donors (Lipinski definition) is 2. The summed E-state index contributed by atoms with van der Waals surface area (Å²) >= 11 is 0. The average molecular weight is 407 g/mol. The van der Waals surface area contributed by atoms with Gasteiger partial charge < -0.3 is 19.8 Å². The van der Waals surface area contributed by atoms with Crippen molar-refractivity contribution in [3.05, 3.63) is 59.9 Å². The highest BCUT2D eigenvalue weighted by molar-refractivity contribution is 6.06. The molecule has 2 N–H and O–H groups in total. The molecule has 0 unspecified atom stereocenters. The lowest BCUT2D eigenvalue weighted by molar-refractivity contribution is -0.130. The Labute approximate surface area is 172 Å². The Balaban J connectivity index is 1.44. The number of benzene rings is 2. The van der Waals surface area contributed by atoms with Crippen molar-refractivity contribution in [1.82, 2.24) is 10.2 Å². The monoisotopic (exact) mass is 407 g/mol. The van der Waals surface area contributed by atoms with Gasteiger partial charge in [0.15, 0.2) is 5.76 Å². The van der Waals surface area contributed by atoms with Gasteiger partial charge in [-0.15, -0.1) is 0 Å². The molecule has 0 aliphatic carbocycles. The molecule has 1 aliphatic rings. The lowest BCUT2D eigenvalue weighted by Gasteiger charge is -2.16. The molecule has 1 aliphatic heterocycles. The molecule has 1 fully saturated rings. The third kappa shape index (κ3) is 3.59. The van der Waals surface area contributed by atoms with Crippen LogP contribution in [0.4, 0.5) is 10.5 Å². The zero-order valence-electron chi connectivity index (χ0n) is 16.8. The maximum Gasteiger partial charge on any atom is 0.325 e. The summed E-state index contributed by atoms with van der Waals surface area (Å²) in [5.74, 6) is 0.212. The van der Waals surface area contributed by atoms with Gasteiger partial charge in [-0.3, -0.25) is 14.5 Å². The van der Waals surface area contributed by atoms with Gasteiger partial charge in [-0.05, 0) is 55.8 Å². The van der Waals surface area contributed by atoms with Crippen LogP contribution in [0.15, 0.2) is 52.9 Å². The van der Waals surface area contributed by atoms with Gasteiger partial charge in [0, 0.05) is 11.1 Å². The number of urea groups is 1. The van der Waals surface area contributed by atoms with E-state index in [2.05, 4.69) is 10.6 Å². The number of hydrogen-bond acceptors (Lipinski definition) is 5. The third-order valence-corrected chi connectivity index (χ3v) is 4.94. The molecule has 0 saturated carbocycles. The zero-order chi connectivity index (χ0) is 21.5. The van der Waals surface area contributed by atoms with Crippen molar-refractivity contribution in [2.45, 2.75) is 25.9 Å². The van der Waals surface area contributed by atoms with Crippen molar-refractivity contribution in [3.63, 3.8) is 0 Å². The normalized spacial score (nSPS) is 15.4. The maximum absolute atomic E-state index is 12.5. The highest BCUT2D eigenvalue weighted by Gasteiger charge is 2.44. The molecule has 2 aromatic carbocycles. The van der Waals surface area contributed by atoms with Crippen LogP contribution in [0.3, 0.4) is 0 Å². The molecule has 4 amide bonds. The molecule has 154 valence electrons. The quantitative estimate of drug-likeness (QED) is 0.630. The first-order chi connectivity index (χ1) is 14.3. The molecule has 30 heavy (non-hydrogen) atoms. The molecule has 8 heteroatoms. The summed E-state index contributed by atoms with van der Waals surface area (Å²) < 4.78 is 10.8. The Morgan fingerprint density at radius 3 is 2.50 bits per heavy atom. The molecule has 8 nitrogen and oxygen atoms in total. The van der Waals surface area contributed by atoms with Gasteiger partial charge in [0.25, 0.3) is 11.8 Å². The minimum Gasteiger partial charge on any atom is -0.497 e. The molecule has 2 heterocycles. The number of ether oxygens (including phenoxy) is 1. The van der Waals surface area contributed by atoms with Crippen LogP contribution in [0.2, 0.25) is 0 Å². The van der Waals surface area contributed by atoms with Crippen LogP contribution in [0, 0.1) is 0 Å². The van der Waals surface area contributed by atoms with Gasteiger partial charge in [-0.2, -0.15) is 0 Å². The molecule has 0 atom stereocenters. The largest absolute Gasteiger partial charge is 0.497 e. The number of imide groups is 1. The number of anilines is 1. The van der Waals surface area contributed by atoms with E-state index in [1.165, 1.54) is 4.90 Å². The van der Waals surface area contributed by atoms with E-state index in [9.17, 15) is 14.4 Å². The Hall–Kier alpha value is -3.81. The second-order valence-electron chi connectivity index (χ2n) is 7.61. The van der Waals surface area contributed by atoms with Gasteiger partial charge >= 0.3 is 6.03 Å². The number of rotatable bonds is 5. The fraction of sp³-hybridized carbons (Fsp3) is 0.227. The summed E-state index contributed by atoms with van der Waals surface area (Å²) in [5, 5.41) is 6.19. The van der Waals surface area contributed by atoms with E-state index in [4.69, 9.17) is 9.15 Å². The van der Waals surface area contributed by atoms with E-state index < -0.39 is 11.6 Å². The molecule has 0 radical (unpaired) electrons. The minimum absolute atomic E-state index is 0.160. The van der Waals surface area contributed by atoms with E-state index in [0.29, 0.717) is 17.0 Å². The molecule has 1 aromatic heterocycles. The Kier molecular flexibility index (Phi) is 4.69. The van der Waals surface area contributed by atoms with Crippen molar-refractivity contribution in [2.24, 2.45) is 0 Å². The molecule has 0 bridgehead atoms. The van der Waals surface area contributed by atoms with Gasteiger partial charge in [0.05, 0.1) is 13.7 Å². The van der Waals surface area contributed by atoms with Crippen molar-refractivity contribution in [2.75, 3.05) is 12.4 Å². The summed E-state index contributed by atoms with van der Waals surface area (Å²) in [7, 11) is 1.57. The van der Waals surface area contributed by atoms with E-state index >= 15 is 0 Å². The fourth-order valence-corrected chi connectivity index (χ4v) is 3.29. The second-order valence-corrected chi connectivity index (χ2v) is 7.61. The van der Waals surface area contributed by atoms with Crippen LogP contribution in [0.5, 0.6) is 5.75 Å². The molecule has 1 saturated heterocycles. The first-order valence-corrected chi connectivity index (χ1v) is 9.39. The highest BCUT2D eigenvalue weighted by Crippen LogP contribution is 2.25. The number of nitrogens with zero attached hydrogens (tertiary/aromatic N) is 1. The maximum atomic E-state index is 12.5. The average Bonchev–Trinajstić information content (AvgIpc) is 3.22. The first kappa shape index (κ1) is 19.5. The topological polar surface area (TPSA) is 101 Å². The van der Waals surface area contributed by atoms with E-state index in [1.807, 2.05) is 0 Å². The summed E-state index contributed by atoms with van der Waals surface area (Å²) in [6.45, 7) is 3.49. The first-order valence-electron chi connectivity index (χ1n) is 9.39. The van der Waals surface area contributed by atoms with E-state index in [1.54, 1.807) is 69.5 Å². The number of methoxy groups -OCH3 is 1. The Bertz CT molecular complexity index is 1150. The summed E-state index contributed by atoms with van der Waals surface area (Å²) in [5.41, 5.74) is 1.03. The minimum atomic E-state index is -0.901. The SMILES string of the molecule is COc1ccc2oc(C(=O)Nc3ccc(CN4C(=O)NC(C)(C)C4=O)cc3)cc2c1. The van der Waals surface area contributed by atoms with Crippen LogP contribution in [0.25, 0.3) is 11.0 Å². The third-order valence-electron chi connectivity index (χ3n) is 4.94. The Morgan fingerprint density at radius 1 is 1.13 bits per heavy atom. The standard InChI is InChI=1S/C22H21N3O5/c1-22(2)20(27)25(21(28)24-22)12-13-4-6-15(7-5-13)23-19(26)18-11-14-10-16(29-3)8-9-17(14)30-18/h4-11H,12H2,1-3H3,(H,23,26)(H,24,28). The number of amides is 4. The van der Waals surface area contributed by atoms with Crippen molar-refractivity contribution in [3.8, 4) is 5.75 Å². The predicted octanol–water partition coefficient (Wildman–Crippen LogP) is 3.52. The van der Waals surface area contributed by atoms with E-state index in [-0.39, 0.29) is 24.1 Å². The van der Waals surface area contributed by atoms with Gasteiger partial charge in [-0.25, -0.2) is 4.79 Å². The summed E-state index contributed by atoms with van der Waals surface area (Å²) in [4.78, 5) is 38.0. The molecule has 4 rings (SSSR count). The van der Waals surface area contributed by atoms with Gasteiger partial charge in [0.1, 0.15) is 16.9 Å². The summed E-state index contributed by atoms with van der Waals surface area (Å²) in [6.07, 6.45) is 0. The molecular formula is C22H21N3O5.